The summed E-state index contributed by atoms with van der Waals surface area (Å²) >= 11 is 0. The van der Waals surface area contributed by atoms with Crippen molar-refractivity contribution in [2.45, 2.75) is 13.0 Å². The molecular weight excluding hydrogens is 299 g/mol. The average Bonchev–Trinajstić information content (AvgIpc) is 2.90. The Hall–Kier alpha value is -2.28. The lowest BCUT2D eigenvalue weighted by molar-refractivity contribution is 0.0881. The van der Waals surface area contributed by atoms with Crippen LogP contribution in [0.2, 0.25) is 0 Å². The summed E-state index contributed by atoms with van der Waals surface area (Å²) in [7, 11) is 1.44. The van der Waals surface area contributed by atoms with Crippen LogP contribution in [-0.2, 0) is 4.74 Å². The molecule has 1 amide bonds. The number of amides is 1. The van der Waals surface area contributed by atoms with Crippen LogP contribution in [0.25, 0.3) is 0 Å². The smallest absolute Gasteiger partial charge is 0.252 e. The van der Waals surface area contributed by atoms with E-state index in [1.54, 1.807) is 19.1 Å². The molecule has 0 spiro atoms. The Morgan fingerprint density at radius 3 is 2.41 bits per heavy atom. The lowest BCUT2D eigenvalue weighted by Crippen LogP contribution is -2.31. The van der Waals surface area contributed by atoms with Crippen LogP contribution < -0.4 is 5.32 Å². The number of hydrogen-bond donors (Lipinski definition) is 1. The van der Waals surface area contributed by atoms with Crippen molar-refractivity contribution in [2.75, 3.05) is 13.7 Å². The van der Waals surface area contributed by atoms with Gasteiger partial charge in [0.15, 0.2) is 17.5 Å². The Labute approximate surface area is 124 Å². The predicted molar refractivity (Wildman–Crippen MR) is 71.8 cm³/mol. The quantitative estimate of drug-likeness (QED) is 0.863. The third-order valence-electron chi connectivity index (χ3n) is 2.99. The highest BCUT2D eigenvalue weighted by Gasteiger charge is 2.21. The molecule has 0 aliphatic heterocycles. The molecule has 0 saturated carbocycles. The second kappa shape index (κ2) is 6.65. The van der Waals surface area contributed by atoms with Crippen LogP contribution in [0.15, 0.2) is 28.7 Å². The highest BCUT2D eigenvalue weighted by atomic mass is 19.2. The van der Waals surface area contributed by atoms with Crippen LogP contribution in [0, 0.1) is 24.4 Å². The van der Waals surface area contributed by atoms with Gasteiger partial charge in [-0.05, 0) is 31.2 Å². The fraction of sp³-hybridized carbons (Fsp3) is 0.267. The molecule has 2 aromatic rings. The maximum atomic E-state index is 13.2. The highest BCUT2D eigenvalue weighted by Crippen LogP contribution is 2.19. The van der Waals surface area contributed by atoms with E-state index < -0.39 is 29.4 Å². The van der Waals surface area contributed by atoms with Crippen LogP contribution in [0.3, 0.4) is 0 Å². The minimum absolute atomic E-state index is 0.102. The van der Waals surface area contributed by atoms with Gasteiger partial charge in [0.2, 0.25) is 0 Å². The van der Waals surface area contributed by atoms with Crippen LogP contribution in [-0.4, -0.2) is 19.6 Å². The van der Waals surface area contributed by atoms with E-state index in [4.69, 9.17) is 9.15 Å². The molecule has 7 heteroatoms. The largest absolute Gasteiger partial charge is 0.464 e. The van der Waals surface area contributed by atoms with E-state index >= 15 is 0 Å². The Kier molecular flexibility index (Phi) is 4.87. The second-order valence-corrected chi connectivity index (χ2v) is 4.68. The Balaban J connectivity index is 2.21. The number of furan rings is 1. The molecule has 0 aliphatic carbocycles. The summed E-state index contributed by atoms with van der Waals surface area (Å²) in [6.07, 6.45) is 0. The van der Waals surface area contributed by atoms with Crippen molar-refractivity contribution >= 4 is 5.91 Å². The minimum atomic E-state index is -1.62. The third-order valence-corrected chi connectivity index (χ3v) is 2.99. The van der Waals surface area contributed by atoms with Crippen molar-refractivity contribution < 1.29 is 27.1 Å². The summed E-state index contributed by atoms with van der Waals surface area (Å²) in [5, 5.41) is 2.52. The van der Waals surface area contributed by atoms with Gasteiger partial charge in [-0.1, -0.05) is 0 Å². The monoisotopic (exact) mass is 313 g/mol. The molecule has 2 rings (SSSR count). The molecule has 0 fully saturated rings. The first kappa shape index (κ1) is 16.1. The molecule has 1 aromatic heterocycles. The normalized spacial score (nSPS) is 12.2. The van der Waals surface area contributed by atoms with Crippen molar-refractivity contribution in [1.29, 1.82) is 0 Å². The number of carbonyl (C=O) groups excluding carboxylic acids is 1. The molecular formula is C15H14F3NO3. The zero-order valence-electron chi connectivity index (χ0n) is 12.0. The molecule has 0 saturated heterocycles. The Morgan fingerprint density at radius 1 is 1.27 bits per heavy atom. The summed E-state index contributed by atoms with van der Waals surface area (Å²) in [6.45, 7) is 1.84. The van der Waals surface area contributed by atoms with E-state index in [1.807, 2.05) is 0 Å². The van der Waals surface area contributed by atoms with E-state index in [0.29, 0.717) is 23.7 Å². The Morgan fingerprint density at radius 2 is 1.91 bits per heavy atom. The number of aryl methyl sites for hydroxylation is 1. The summed E-state index contributed by atoms with van der Waals surface area (Å²) in [5.74, 6) is -4.16. The van der Waals surface area contributed by atoms with E-state index in [1.165, 1.54) is 7.11 Å². The average molecular weight is 313 g/mol. The van der Waals surface area contributed by atoms with E-state index in [-0.39, 0.29) is 12.2 Å². The number of nitrogens with one attached hydrogen (secondary N) is 1. The van der Waals surface area contributed by atoms with Crippen molar-refractivity contribution in [3.05, 3.63) is 58.8 Å². The van der Waals surface area contributed by atoms with Crippen LogP contribution in [0.5, 0.6) is 0 Å². The number of methoxy groups -OCH3 is 1. The van der Waals surface area contributed by atoms with Crippen LogP contribution in [0.4, 0.5) is 13.2 Å². The van der Waals surface area contributed by atoms with Gasteiger partial charge < -0.3 is 14.5 Å². The van der Waals surface area contributed by atoms with Crippen molar-refractivity contribution in [2.24, 2.45) is 0 Å². The van der Waals surface area contributed by atoms with Crippen LogP contribution >= 0.6 is 0 Å². The highest BCUT2D eigenvalue weighted by molar-refractivity contribution is 5.94. The van der Waals surface area contributed by atoms with Crippen molar-refractivity contribution in [3.8, 4) is 0 Å². The summed E-state index contributed by atoms with van der Waals surface area (Å²) in [6, 6.07) is 3.99. The number of rotatable bonds is 5. The zero-order chi connectivity index (χ0) is 16.3. The number of halogens is 3. The van der Waals surface area contributed by atoms with E-state index in [9.17, 15) is 18.0 Å². The van der Waals surface area contributed by atoms with Gasteiger partial charge in [-0.15, -0.1) is 0 Å². The van der Waals surface area contributed by atoms with Gasteiger partial charge in [0, 0.05) is 12.7 Å². The van der Waals surface area contributed by atoms with Gasteiger partial charge in [0.05, 0.1) is 6.61 Å². The van der Waals surface area contributed by atoms with Gasteiger partial charge in [-0.3, -0.25) is 4.79 Å². The standard InChI is InChI=1S/C15H14F3NO3/c1-8-3-4-13(22-8)12(7-21-2)19-15(20)9-5-10(16)14(18)11(17)6-9/h3-6,12H,7H2,1-2H3,(H,19,20)/t12-/m0/s1. The number of ether oxygens (including phenoxy) is 1. The molecule has 22 heavy (non-hydrogen) atoms. The second-order valence-electron chi connectivity index (χ2n) is 4.68. The van der Waals surface area contributed by atoms with E-state index in [2.05, 4.69) is 5.32 Å². The van der Waals surface area contributed by atoms with Crippen molar-refractivity contribution in [3.63, 3.8) is 0 Å². The SMILES string of the molecule is COC[C@H](NC(=O)c1cc(F)c(F)c(F)c1)c1ccc(C)o1. The molecule has 0 unspecified atom stereocenters. The summed E-state index contributed by atoms with van der Waals surface area (Å²) in [4.78, 5) is 12.1. The molecule has 0 bridgehead atoms. The molecule has 0 aliphatic rings. The molecule has 0 radical (unpaired) electrons. The lowest BCUT2D eigenvalue weighted by atomic mass is 10.1. The number of benzene rings is 1. The third kappa shape index (κ3) is 3.48. The van der Waals surface area contributed by atoms with Gasteiger partial charge in [-0.25, -0.2) is 13.2 Å². The zero-order valence-corrected chi connectivity index (χ0v) is 12.0. The first-order valence-electron chi connectivity index (χ1n) is 6.43. The van der Waals surface area contributed by atoms with Gasteiger partial charge in [0.1, 0.15) is 17.6 Å². The molecule has 1 atom stereocenters. The van der Waals surface area contributed by atoms with Crippen LogP contribution in [0.1, 0.15) is 27.9 Å². The van der Waals surface area contributed by atoms with Crippen molar-refractivity contribution in [1.82, 2.24) is 5.32 Å². The maximum absolute atomic E-state index is 13.2. The number of carbonyl (C=O) groups is 1. The van der Waals surface area contributed by atoms with E-state index in [0.717, 1.165) is 0 Å². The topological polar surface area (TPSA) is 51.5 Å². The first-order chi connectivity index (χ1) is 10.4. The van der Waals surface area contributed by atoms with Gasteiger partial charge >= 0.3 is 0 Å². The number of hydrogen-bond acceptors (Lipinski definition) is 3. The lowest BCUT2D eigenvalue weighted by Gasteiger charge is -2.16. The maximum Gasteiger partial charge on any atom is 0.252 e. The first-order valence-corrected chi connectivity index (χ1v) is 6.43. The summed E-state index contributed by atoms with van der Waals surface area (Å²) in [5.41, 5.74) is -0.333. The predicted octanol–water partition coefficient (Wildman–Crippen LogP) is 3.12. The minimum Gasteiger partial charge on any atom is -0.464 e. The summed E-state index contributed by atoms with van der Waals surface area (Å²) < 4.78 is 49.6. The molecule has 1 heterocycles. The molecule has 118 valence electrons. The molecule has 1 N–H and O–H groups in total. The fourth-order valence-corrected chi connectivity index (χ4v) is 1.93. The fourth-order valence-electron chi connectivity index (χ4n) is 1.93. The Bertz CT molecular complexity index is 661. The van der Waals surface area contributed by atoms with Gasteiger partial charge in [0.25, 0.3) is 5.91 Å². The van der Waals surface area contributed by atoms with Gasteiger partial charge in [-0.2, -0.15) is 0 Å². The molecule has 4 nitrogen and oxygen atoms in total. The molecule has 1 aromatic carbocycles.